The van der Waals surface area contributed by atoms with Crippen LogP contribution >= 0.6 is 0 Å². The first-order valence-corrected chi connectivity index (χ1v) is 10.1. The van der Waals surface area contributed by atoms with Crippen LogP contribution in [-0.4, -0.2) is 48.1 Å². The van der Waals surface area contributed by atoms with Gasteiger partial charge in [0.05, 0.1) is 0 Å². The van der Waals surface area contributed by atoms with Crippen molar-refractivity contribution in [3.05, 3.63) is 0 Å². The van der Waals surface area contributed by atoms with Gasteiger partial charge in [-0.1, -0.05) is 6.42 Å². The molecule has 2 heterocycles. The summed E-state index contributed by atoms with van der Waals surface area (Å²) in [6, 6.07) is 2.62. The highest BCUT2D eigenvalue weighted by Crippen LogP contribution is 2.47. The van der Waals surface area contributed by atoms with E-state index >= 15 is 0 Å². The SMILES string of the molecule is CC(C)N1CC(C2CCC3C(CCN3C)C2)CC2CCCC21. The molecule has 0 spiro atoms. The summed E-state index contributed by atoms with van der Waals surface area (Å²) in [5.41, 5.74) is 0. The van der Waals surface area contributed by atoms with E-state index in [4.69, 9.17) is 0 Å². The molecule has 0 aromatic rings. The fourth-order valence-corrected chi connectivity index (χ4v) is 6.67. The Balaban J connectivity index is 1.44. The minimum Gasteiger partial charge on any atom is -0.303 e. The highest BCUT2D eigenvalue weighted by Gasteiger charge is 2.45. The van der Waals surface area contributed by atoms with Crippen molar-refractivity contribution in [3.63, 3.8) is 0 Å². The number of hydrogen-bond acceptors (Lipinski definition) is 2. The Labute approximate surface area is 137 Å². The van der Waals surface area contributed by atoms with Crippen LogP contribution in [0.25, 0.3) is 0 Å². The van der Waals surface area contributed by atoms with Gasteiger partial charge in [-0.3, -0.25) is 4.90 Å². The smallest absolute Gasteiger partial charge is 0.0126 e. The molecule has 0 aromatic carbocycles. The summed E-state index contributed by atoms with van der Waals surface area (Å²) >= 11 is 0. The van der Waals surface area contributed by atoms with Crippen LogP contribution in [0.1, 0.15) is 65.2 Å². The third-order valence-corrected chi connectivity index (χ3v) is 7.83. The highest BCUT2D eigenvalue weighted by atomic mass is 15.2. The van der Waals surface area contributed by atoms with Crippen LogP contribution in [0.2, 0.25) is 0 Å². The minimum absolute atomic E-state index is 0.752. The number of hydrogen-bond donors (Lipinski definition) is 0. The summed E-state index contributed by atoms with van der Waals surface area (Å²) in [5, 5.41) is 0. The second-order valence-corrected chi connectivity index (χ2v) is 9.21. The quantitative estimate of drug-likeness (QED) is 0.760. The van der Waals surface area contributed by atoms with E-state index in [1.807, 2.05) is 0 Å². The van der Waals surface area contributed by atoms with Crippen molar-refractivity contribution in [1.82, 2.24) is 9.80 Å². The van der Waals surface area contributed by atoms with Gasteiger partial charge in [0.2, 0.25) is 0 Å². The largest absolute Gasteiger partial charge is 0.303 e. The topological polar surface area (TPSA) is 6.48 Å². The van der Waals surface area contributed by atoms with E-state index in [1.165, 1.54) is 51.6 Å². The minimum atomic E-state index is 0.752. The van der Waals surface area contributed by atoms with Crippen LogP contribution in [0.3, 0.4) is 0 Å². The predicted molar refractivity (Wildman–Crippen MR) is 92.9 cm³/mol. The zero-order chi connectivity index (χ0) is 15.3. The Morgan fingerprint density at radius 1 is 0.773 bits per heavy atom. The third kappa shape index (κ3) is 2.65. The fourth-order valence-electron chi connectivity index (χ4n) is 6.67. The molecule has 2 nitrogen and oxygen atoms in total. The van der Waals surface area contributed by atoms with E-state index in [0.717, 1.165) is 41.8 Å². The molecular formula is C20H36N2. The van der Waals surface area contributed by atoms with E-state index in [9.17, 15) is 0 Å². The normalized spacial score (nSPS) is 46.9. The summed E-state index contributed by atoms with van der Waals surface area (Å²) in [4.78, 5) is 5.55. The molecule has 4 fully saturated rings. The monoisotopic (exact) mass is 304 g/mol. The highest BCUT2D eigenvalue weighted by molar-refractivity contribution is 4.98. The number of fused-ring (bicyclic) bond motifs is 2. The molecule has 4 aliphatic rings. The van der Waals surface area contributed by atoms with Gasteiger partial charge in [-0.05, 0) is 96.1 Å². The zero-order valence-corrected chi connectivity index (χ0v) is 15.0. The van der Waals surface area contributed by atoms with E-state index in [0.29, 0.717) is 0 Å². The molecule has 6 atom stereocenters. The van der Waals surface area contributed by atoms with E-state index < -0.39 is 0 Å². The van der Waals surface area contributed by atoms with E-state index in [2.05, 4.69) is 30.7 Å². The second kappa shape index (κ2) is 6.09. The van der Waals surface area contributed by atoms with E-state index in [1.54, 1.807) is 12.8 Å². The molecule has 0 amide bonds. The van der Waals surface area contributed by atoms with Crippen molar-refractivity contribution >= 4 is 0 Å². The van der Waals surface area contributed by atoms with Crippen molar-refractivity contribution < 1.29 is 0 Å². The van der Waals surface area contributed by atoms with Crippen molar-refractivity contribution in [2.45, 2.75) is 83.3 Å². The van der Waals surface area contributed by atoms with Gasteiger partial charge in [0.25, 0.3) is 0 Å². The Kier molecular flexibility index (Phi) is 4.28. The lowest BCUT2D eigenvalue weighted by molar-refractivity contribution is 0.00894. The van der Waals surface area contributed by atoms with Crippen molar-refractivity contribution in [2.24, 2.45) is 23.7 Å². The lowest BCUT2D eigenvalue weighted by Gasteiger charge is -2.48. The maximum atomic E-state index is 2.90. The number of piperidine rings is 1. The van der Waals surface area contributed by atoms with Crippen LogP contribution in [0.15, 0.2) is 0 Å². The van der Waals surface area contributed by atoms with Crippen LogP contribution in [0, 0.1) is 23.7 Å². The summed E-state index contributed by atoms with van der Waals surface area (Å²) in [6.45, 7) is 7.63. The predicted octanol–water partition coefficient (Wildman–Crippen LogP) is 4.01. The molecule has 0 radical (unpaired) electrons. The van der Waals surface area contributed by atoms with Gasteiger partial charge < -0.3 is 4.90 Å². The maximum Gasteiger partial charge on any atom is 0.0126 e. The first-order valence-electron chi connectivity index (χ1n) is 10.1. The van der Waals surface area contributed by atoms with Crippen molar-refractivity contribution in [1.29, 1.82) is 0 Å². The number of rotatable bonds is 2. The van der Waals surface area contributed by atoms with Gasteiger partial charge >= 0.3 is 0 Å². The molecule has 0 aromatic heterocycles. The lowest BCUT2D eigenvalue weighted by Crippen LogP contribution is -2.51. The summed E-state index contributed by atoms with van der Waals surface area (Å²) in [6.07, 6.45) is 12.1. The summed E-state index contributed by atoms with van der Waals surface area (Å²) < 4.78 is 0. The third-order valence-electron chi connectivity index (χ3n) is 7.83. The molecule has 0 N–H and O–H groups in total. The van der Waals surface area contributed by atoms with E-state index in [-0.39, 0.29) is 0 Å². The standard InChI is InChI=1S/C20H36N2/c1-14(2)22-13-18(12-16-5-4-6-20(16)22)15-7-8-19-17(11-15)9-10-21(19)3/h14-20H,4-13H2,1-3H3. The van der Waals surface area contributed by atoms with Gasteiger partial charge in [0, 0.05) is 24.7 Å². The Morgan fingerprint density at radius 2 is 1.55 bits per heavy atom. The lowest BCUT2D eigenvalue weighted by atomic mass is 9.68. The van der Waals surface area contributed by atoms with Crippen molar-refractivity contribution in [2.75, 3.05) is 20.1 Å². The van der Waals surface area contributed by atoms with Gasteiger partial charge in [-0.15, -0.1) is 0 Å². The summed E-state index contributed by atoms with van der Waals surface area (Å²) in [7, 11) is 2.36. The van der Waals surface area contributed by atoms with Gasteiger partial charge in [-0.25, -0.2) is 0 Å². The first kappa shape index (κ1) is 15.4. The number of likely N-dealkylation sites (tertiary alicyclic amines) is 2. The zero-order valence-electron chi connectivity index (χ0n) is 15.0. The Bertz CT molecular complexity index is 393. The Hall–Kier alpha value is -0.0800. The Morgan fingerprint density at radius 3 is 2.36 bits per heavy atom. The first-order chi connectivity index (χ1) is 10.6. The molecule has 6 unspecified atom stereocenters. The number of nitrogens with zero attached hydrogens (tertiary/aromatic N) is 2. The molecular weight excluding hydrogens is 268 g/mol. The summed E-state index contributed by atoms with van der Waals surface area (Å²) in [5.74, 6) is 4.10. The second-order valence-electron chi connectivity index (χ2n) is 9.21. The molecule has 4 rings (SSSR count). The van der Waals surface area contributed by atoms with Gasteiger partial charge in [0.15, 0.2) is 0 Å². The van der Waals surface area contributed by atoms with Crippen LogP contribution in [0.5, 0.6) is 0 Å². The molecule has 2 saturated heterocycles. The average Bonchev–Trinajstić information content (AvgIpc) is 3.12. The molecule has 2 aliphatic carbocycles. The molecule has 126 valence electrons. The molecule has 2 aliphatic heterocycles. The molecule has 22 heavy (non-hydrogen) atoms. The fraction of sp³-hybridized carbons (Fsp3) is 1.00. The average molecular weight is 305 g/mol. The van der Waals surface area contributed by atoms with Crippen LogP contribution < -0.4 is 0 Å². The van der Waals surface area contributed by atoms with Crippen LogP contribution in [0.4, 0.5) is 0 Å². The maximum absolute atomic E-state index is 2.90. The molecule has 2 heteroatoms. The van der Waals surface area contributed by atoms with Gasteiger partial charge in [-0.2, -0.15) is 0 Å². The van der Waals surface area contributed by atoms with Crippen LogP contribution in [-0.2, 0) is 0 Å². The van der Waals surface area contributed by atoms with Gasteiger partial charge in [0.1, 0.15) is 0 Å². The van der Waals surface area contributed by atoms with Crippen molar-refractivity contribution in [3.8, 4) is 0 Å². The molecule has 2 saturated carbocycles. The molecule has 0 bridgehead atoms.